The van der Waals surface area contributed by atoms with Crippen LogP contribution in [0.5, 0.6) is 0 Å². The normalized spacial score (nSPS) is 21.1. The van der Waals surface area contributed by atoms with Crippen LogP contribution >= 0.6 is 0 Å². The van der Waals surface area contributed by atoms with Crippen LogP contribution in [0, 0.1) is 27.7 Å². The Hall–Kier alpha value is -2.35. The molecule has 0 N–H and O–H groups in total. The Morgan fingerprint density at radius 1 is 1.08 bits per heavy atom. The molecular weight excluding hydrogens is 310 g/mol. The van der Waals surface area contributed by atoms with Crippen LogP contribution in [0.25, 0.3) is 0 Å². The van der Waals surface area contributed by atoms with E-state index in [2.05, 4.69) is 20.1 Å². The summed E-state index contributed by atoms with van der Waals surface area (Å²) in [5.74, 6) is 0.707. The van der Waals surface area contributed by atoms with E-state index < -0.39 is 6.04 Å². The number of aromatic nitrogens is 4. The molecule has 0 spiro atoms. The molecule has 0 bridgehead atoms. The zero-order chi connectivity index (χ0) is 17.4. The average Bonchev–Trinajstić information content (AvgIpc) is 2.96. The Morgan fingerprint density at radius 3 is 2.46 bits per heavy atom. The average molecular weight is 331 g/mol. The van der Waals surface area contributed by atoms with Gasteiger partial charge in [-0.2, -0.15) is 4.98 Å². The van der Waals surface area contributed by atoms with Crippen molar-refractivity contribution in [2.24, 2.45) is 0 Å². The van der Waals surface area contributed by atoms with E-state index in [1.54, 1.807) is 18.7 Å². The van der Waals surface area contributed by atoms with Gasteiger partial charge in [0.25, 0.3) is 11.8 Å². The number of hydrogen-bond acceptors (Lipinski definition) is 7. The molecule has 1 amide bonds. The standard InChI is InChI=1S/C16H21N5O3/c1-8-9(2)18-13(10(3)17-8)16(22)21-6-7-23-11(4)14(21)15-19-12(5)20-24-15/h11,14H,6-7H2,1-5H3/t11-,14+/m1/s1. The van der Waals surface area contributed by atoms with E-state index >= 15 is 0 Å². The summed E-state index contributed by atoms with van der Waals surface area (Å²) in [7, 11) is 0. The van der Waals surface area contributed by atoms with Gasteiger partial charge in [-0.05, 0) is 34.6 Å². The molecule has 128 valence electrons. The summed E-state index contributed by atoms with van der Waals surface area (Å²) in [6, 6.07) is -0.435. The second kappa shape index (κ2) is 6.27. The van der Waals surface area contributed by atoms with Crippen LogP contribution in [-0.2, 0) is 4.74 Å². The Bertz CT molecular complexity index is 773. The highest BCUT2D eigenvalue weighted by atomic mass is 16.5. The molecular formula is C16H21N5O3. The largest absolute Gasteiger partial charge is 0.374 e. The molecule has 0 aliphatic carbocycles. The van der Waals surface area contributed by atoms with Crippen molar-refractivity contribution in [3.8, 4) is 0 Å². The lowest BCUT2D eigenvalue weighted by Crippen LogP contribution is -2.47. The van der Waals surface area contributed by atoms with Crippen molar-refractivity contribution >= 4 is 5.91 Å². The van der Waals surface area contributed by atoms with E-state index in [9.17, 15) is 4.79 Å². The van der Waals surface area contributed by atoms with Gasteiger partial charge >= 0.3 is 0 Å². The lowest BCUT2D eigenvalue weighted by atomic mass is 10.1. The fourth-order valence-corrected chi connectivity index (χ4v) is 2.87. The maximum absolute atomic E-state index is 13.1. The molecule has 0 radical (unpaired) electrons. The number of rotatable bonds is 2. The number of carbonyl (C=O) groups excluding carboxylic acids is 1. The predicted octanol–water partition coefficient (Wildman–Crippen LogP) is 1.70. The third-order valence-electron chi connectivity index (χ3n) is 4.23. The number of amides is 1. The first-order valence-electron chi connectivity index (χ1n) is 7.93. The maximum atomic E-state index is 13.1. The topological polar surface area (TPSA) is 94.2 Å². The molecule has 0 aromatic carbocycles. The van der Waals surface area contributed by atoms with E-state index in [-0.39, 0.29) is 12.0 Å². The SMILES string of the molecule is Cc1noc([C@@H]2[C@@H](C)OCCN2C(=O)c2nc(C)c(C)nc2C)n1. The van der Waals surface area contributed by atoms with Crippen LogP contribution in [0.1, 0.15) is 52.3 Å². The summed E-state index contributed by atoms with van der Waals surface area (Å²) in [4.78, 5) is 27.9. The summed E-state index contributed by atoms with van der Waals surface area (Å²) >= 11 is 0. The van der Waals surface area contributed by atoms with Crippen LogP contribution in [0.4, 0.5) is 0 Å². The number of carbonyl (C=O) groups is 1. The van der Waals surface area contributed by atoms with Crippen molar-refractivity contribution in [3.05, 3.63) is 34.5 Å². The van der Waals surface area contributed by atoms with E-state index in [0.717, 1.165) is 11.4 Å². The van der Waals surface area contributed by atoms with Crippen molar-refractivity contribution in [2.45, 2.75) is 46.8 Å². The second-order valence-corrected chi connectivity index (χ2v) is 6.03. The molecule has 2 atom stereocenters. The van der Waals surface area contributed by atoms with Crippen LogP contribution in [0.2, 0.25) is 0 Å². The number of hydrogen-bond donors (Lipinski definition) is 0. The van der Waals surface area contributed by atoms with Crippen molar-refractivity contribution in [1.29, 1.82) is 0 Å². The quantitative estimate of drug-likeness (QED) is 0.826. The van der Waals surface area contributed by atoms with Gasteiger partial charge in [0.05, 0.1) is 29.8 Å². The monoisotopic (exact) mass is 331 g/mol. The van der Waals surface area contributed by atoms with Gasteiger partial charge in [-0.1, -0.05) is 5.16 Å². The summed E-state index contributed by atoms with van der Waals surface area (Å²) in [6.45, 7) is 10.0. The second-order valence-electron chi connectivity index (χ2n) is 6.03. The number of morpholine rings is 1. The number of ether oxygens (including phenoxy) is 1. The zero-order valence-corrected chi connectivity index (χ0v) is 14.5. The van der Waals surface area contributed by atoms with E-state index in [0.29, 0.717) is 36.3 Å². The molecule has 0 saturated carbocycles. The van der Waals surface area contributed by atoms with Crippen molar-refractivity contribution in [1.82, 2.24) is 25.0 Å². The summed E-state index contributed by atoms with van der Waals surface area (Å²) in [6.07, 6.45) is -0.248. The van der Waals surface area contributed by atoms with Gasteiger partial charge in [-0.15, -0.1) is 0 Å². The minimum absolute atomic E-state index is 0.195. The third kappa shape index (κ3) is 2.89. The Balaban J connectivity index is 1.99. The summed E-state index contributed by atoms with van der Waals surface area (Å²) in [5, 5.41) is 3.83. The Morgan fingerprint density at radius 2 is 1.79 bits per heavy atom. The first kappa shape index (κ1) is 16.5. The lowest BCUT2D eigenvalue weighted by molar-refractivity contribution is -0.0602. The van der Waals surface area contributed by atoms with E-state index in [1.165, 1.54) is 0 Å². The molecule has 1 aliphatic heterocycles. The Labute approximate surface area is 140 Å². The summed E-state index contributed by atoms with van der Waals surface area (Å²) < 4.78 is 11.0. The highest BCUT2D eigenvalue weighted by Gasteiger charge is 2.39. The van der Waals surface area contributed by atoms with Gasteiger partial charge in [0.15, 0.2) is 5.82 Å². The minimum atomic E-state index is -0.435. The number of nitrogens with zero attached hydrogens (tertiary/aromatic N) is 5. The van der Waals surface area contributed by atoms with Gasteiger partial charge in [-0.3, -0.25) is 9.78 Å². The van der Waals surface area contributed by atoms with Crippen molar-refractivity contribution in [2.75, 3.05) is 13.2 Å². The molecule has 2 aromatic heterocycles. The van der Waals surface area contributed by atoms with Gasteiger partial charge in [0.1, 0.15) is 11.7 Å². The predicted molar refractivity (Wildman–Crippen MR) is 84.5 cm³/mol. The van der Waals surface area contributed by atoms with Gasteiger partial charge < -0.3 is 14.2 Å². The van der Waals surface area contributed by atoms with Crippen LogP contribution in [0.15, 0.2) is 4.52 Å². The maximum Gasteiger partial charge on any atom is 0.275 e. The molecule has 8 heteroatoms. The lowest BCUT2D eigenvalue weighted by Gasteiger charge is -2.37. The summed E-state index contributed by atoms with van der Waals surface area (Å²) in [5.41, 5.74) is 2.54. The van der Waals surface area contributed by atoms with Gasteiger partial charge in [0, 0.05) is 6.54 Å². The molecule has 2 aromatic rings. The Kier molecular flexibility index (Phi) is 4.31. The van der Waals surface area contributed by atoms with Crippen LogP contribution in [0.3, 0.4) is 0 Å². The fourth-order valence-electron chi connectivity index (χ4n) is 2.87. The molecule has 3 heterocycles. The molecule has 1 aliphatic rings. The van der Waals surface area contributed by atoms with E-state index in [4.69, 9.17) is 9.26 Å². The van der Waals surface area contributed by atoms with Crippen LogP contribution < -0.4 is 0 Å². The molecule has 1 saturated heterocycles. The minimum Gasteiger partial charge on any atom is -0.374 e. The molecule has 24 heavy (non-hydrogen) atoms. The third-order valence-corrected chi connectivity index (χ3v) is 4.23. The highest BCUT2D eigenvalue weighted by molar-refractivity contribution is 5.93. The molecule has 3 rings (SSSR count). The fraction of sp³-hybridized carbons (Fsp3) is 0.562. The highest BCUT2D eigenvalue weighted by Crippen LogP contribution is 2.30. The van der Waals surface area contributed by atoms with Gasteiger partial charge in [-0.25, -0.2) is 4.98 Å². The van der Waals surface area contributed by atoms with Crippen molar-refractivity contribution < 1.29 is 14.1 Å². The molecule has 0 unspecified atom stereocenters. The molecule has 8 nitrogen and oxygen atoms in total. The van der Waals surface area contributed by atoms with E-state index in [1.807, 2.05) is 20.8 Å². The first-order chi connectivity index (χ1) is 11.4. The first-order valence-corrected chi connectivity index (χ1v) is 7.93. The number of aryl methyl sites for hydroxylation is 4. The van der Waals surface area contributed by atoms with Crippen molar-refractivity contribution in [3.63, 3.8) is 0 Å². The van der Waals surface area contributed by atoms with Crippen LogP contribution in [-0.4, -0.2) is 50.2 Å². The smallest absolute Gasteiger partial charge is 0.275 e. The molecule has 1 fully saturated rings. The zero-order valence-electron chi connectivity index (χ0n) is 14.5. The van der Waals surface area contributed by atoms with Gasteiger partial charge in [0.2, 0.25) is 0 Å².